The van der Waals surface area contributed by atoms with E-state index in [1.165, 1.54) is 19.2 Å². The number of hydrogen-bond donors (Lipinski definition) is 0. The van der Waals surface area contributed by atoms with Gasteiger partial charge in [-0.1, -0.05) is 24.3 Å². The summed E-state index contributed by atoms with van der Waals surface area (Å²) in [6, 6.07) is 15.4. The molecule has 0 aliphatic carbocycles. The zero-order valence-corrected chi connectivity index (χ0v) is 16.7. The number of carbonyl (C=O) groups is 3. The summed E-state index contributed by atoms with van der Waals surface area (Å²) in [7, 11) is 4.70. The molecule has 1 aliphatic heterocycles. The third-order valence-corrected chi connectivity index (χ3v) is 4.74. The molecule has 0 atom stereocenters. The Labute approximate surface area is 173 Å². The van der Waals surface area contributed by atoms with E-state index in [1.54, 1.807) is 36.0 Å². The Kier molecular flexibility index (Phi) is 5.83. The Morgan fingerprint density at radius 2 is 1.40 bits per heavy atom. The Bertz CT molecular complexity index is 1070. The molecule has 1 aliphatic rings. The molecule has 0 N–H and O–H groups in total. The van der Waals surface area contributed by atoms with Crippen LogP contribution in [0.15, 0.2) is 59.9 Å². The number of hydrogen-bond acceptors (Lipinski definition) is 8. The molecule has 2 aromatic rings. The van der Waals surface area contributed by atoms with Crippen molar-refractivity contribution < 1.29 is 23.9 Å². The maximum Gasteiger partial charge on any atom is 0.339 e. The zero-order valence-electron chi connectivity index (χ0n) is 16.7. The summed E-state index contributed by atoms with van der Waals surface area (Å²) in [6.07, 6.45) is 0. The van der Waals surface area contributed by atoms with Gasteiger partial charge in [-0.05, 0) is 24.3 Å². The molecule has 0 spiro atoms. The number of benzene rings is 2. The van der Waals surface area contributed by atoms with Crippen LogP contribution in [0, 0.1) is 11.3 Å². The first-order valence-corrected chi connectivity index (χ1v) is 8.99. The minimum absolute atomic E-state index is 0.0224. The van der Waals surface area contributed by atoms with Crippen LogP contribution in [-0.4, -0.2) is 45.5 Å². The lowest BCUT2D eigenvalue weighted by atomic mass is 10.1. The molecule has 2 aromatic carbocycles. The highest BCUT2D eigenvalue weighted by Crippen LogP contribution is 2.40. The summed E-state index contributed by atoms with van der Waals surface area (Å²) in [5.74, 6) is -1.80. The lowest BCUT2D eigenvalue weighted by molar-refractivity contribution is -0.118. The minimum atomic E-state index is -0.858. The number of nitrogens with zero attached hydrogens (tertiary/aromatic N) is 3. The summed E-state index contributed by atoms with van der Waals surface area (Å²) in [4.78, 5) is 40.4. The number of anilines is 2. The fourth-order valence-corrected chi connectivity index (χ4v) is 3.29. The number of para-hydroxylation sites is 2. The van der Waals surface area contributed by atoms with Crippen molar-refractivity contribution >= 4 is 29.1 Å². The average molecular weight is 405 g/mol. The standard InChI is InChI=1S/C22H19N3O5/c1-24-17-10-6-7-11-18(17)25(2)20(24)16(12-23)19(26)13-30-22(28)15-9-5-4-8-14(15)21(27)29-3/h4-11H,13H2,1-3H3. The van der Waals surface area contributed by atoms with Gasteiger partial charge in [0.15, 0.2) is 6.61 Å². The van der Waals surface area contributed by atoms with E-state index in [0.29, 0.717) is 5.82 Å². The Morgan fingerprint density at radius 3 is 1.90 bits per heavy atom. The largest absolute Gasteiger partial charge is 0.465 e. The van der Waals surface area contributed by atoms with Gasteiger partial charge in [-0.25, -0.2) is 9.59 Å². The molecule has 0 aromatic heterocycles. The monoisotopic (exact) mass is 405 g/mol. The van der Waals surface area contributed by atoms with Crippen molar-refractivity contribution in [3.8, 4) is 6.07 Å². The Morgan fingerprint density at radius 1 is 0.900 bits per heavy atom. The van der Waals surface area contributed by atoms with Crippen molar-refractivity contribution in [1.29, 1.82) is 5.26 Å². The maximum atomic E-state index is 12.7. The van der Waals surface area contributed by atoms with Gasteiger partial charge in [0, 0.05) is 14.1 Å². The molecule has 0 saturated heterocycles. The van der Waals surface area contributed by atoms with Crippen molar-refractivity contribution in [2.45, 2.75) is 0 Å². The fraction of sp³-hybridized carbons (Fsp3) is 0.182. The average Bonchev–Trinajstić information content (AvgIpc) is 3.03. The number of ether oxygens (including phenoxy) is 2. The first kappa shape index (κ1) is 20.6. The lowest BCUT2D eigenvalue weighted by Crippen LogP contribution is -2.28. The van der Waals surface area contributed by atoms with E-state index in [2.05, 4.69) is 4.74 Å². The maximum absolute atomic E-state index is 12.7. The number of esters is 2. The number of nitriles is 1. The number of Topliss-reactive ketones (excluding diaryl/α,β-unsaturated/α-hetero) is 1. The lowest BCUT2D eigenvalue weighted by Gasteiger charge is -2.19. The second-order valence-corrected chi connectivity index (χ2v) is 6.45. The summed E-state index contributed by atoms with van der Waals surface area (Å²) < 4.78 is 9.75. The molecule has 1 heterocycles. The van der Waals surface area contributed by atoms with E-state index in [1.807, 2.05) is 30.3 Å². The second-order valence-electron chi connectivity index (χ2n) is 6.45. The van der Waals surface area contributed by atoms with Crippen LogP contribution in [0.2, 0.25) is 0 Å². The van der Waals surface area contributed by atoms with Gasteiger partial charge < -0.3 is 19.3 Å². The van der Waals surface area contributed by atoms with Gasteiger partial charge in [0.1, 0.15) is 17.5 Å². The highest BCUT2D eigenvalue weighted by molar-refractivity contribution is 6.06. The number of methoxy groups -OCH3 is 1. The second kappa shape index (κ2) is 8.49. The molecule has 0 saturated carbocycles. The molecule has 0 fully saturated rings. The molecule has 8 heteroatoms. The van der Waals surface area contributed by atoms with E-state index in [4.69, 9.17) is 4.74 Å². The first-order valence-electron chi connectivity index (χ1n) is 8.99. The van der Waals surface area contributed by atoms with Crippen LogP contribution in [0.1, 0.15) is 20.7 Å². The van der Waals surface area contributed by atoms with Gasteiger partial charge in [0.05, 0.1) is 29.6 Å². The molecule has 3 rings (SSSR count). The normalized spacial score (nSPS) is 12.1. The topological polar surface area (TPSA) is 99.9 Å². The quantitative estimate of drug-likeness (QED) is 0.425. The van der Waals surface area contributed by atoms with Crippen molar-refractivity contribution in [3.05, 3.63) is 71.1 Å². The summed E-state index contributed by atoms with van der Waals surface area (Å²) >= 11 is 0. The van der Waals surface area contributed by atoms with Crippen LogP contribution >= 0.6 is 0 Å². The van der Waals surface area contributed by atoms with Gasteiger partial charge in [-0.15, -0.1) is 0 Å². The summed E-state index contributed by atoms with van der Waals surface area (Å²) in [5, 5.41) is 9.62. The minimum Gasteiger partial charge on any atom is -0.465 e. The number of rotatable bonds is 5. The van der Waals surface area contributed by atoms with E-state index < -0.39 is 24.3 Å². The van der Waals surface area contributed by atoms with Crippen LogP contribution in [-0.2, 0) is 14.3 Å². The first-order chi connectivity index (χ1) is 14.4. The smallest absolute Gasteiger partial charge is 0.339 e. The summed E-state index contributed by atoms with van der Waals surface area (Å²) in [5.41, 5.74) is 1.57. The third-order valence-electron chi connectivity index (χ3n) is 4.74. The predicted octanol–water partition coefficient (Wildman–Crippen LogP) is 2.52. The van der Waals surface area contributed by atoms with Gasteiger partial charge in [0.2, 0.25) is 5.78 Å². The van der Waals surface area contributed by atoms with Crippen molar-refractivity contribution in [1.82, 2.24) is 0 Å². The summed E-state index contributed by atoms with van der Waals surface area (Å²) in [6.45, 7) is -0.640. The molecular weight excluding hydrogens is 386 g/mol. The predicted molar refractivity (Wildman–Crippen MR) is 109 cm³/mol. The van der Waals surface area contributed by atoms with E-state index in [9.17, 15) is 19.6 Å². The highest BCUT2D eigenvalue weighted by atomic mass is 16.5. The van der Waals surface area contributed by atoms with Gasteiger partial charge >= 0.3 is 11.9 Å². The van der Waals surface area contributed by atoms with Crippen molar-refractivity contribution in [3.63, 3.8) is 0 Å². The third kappa shape index (κ3) is 3.61. The molecule has 0 unspecified atom stereocenters. The molecule has 0 amide bonds. The number of fused-ring (bicyclic) bond motifs is 1. The van der Waals surface area contributed by atoms with Gasteiger partial charge in [-0.3, -0.25) is 4.79 Å². The van der Waals surface area contributed by atoms with Crippen LogP contribution in [0.4, 0.5) is 11.4 Å². The van der Waals surface area contributed by atoms with Crippen LogP contribution in [0.25, 0.3) is 0 Å². The Balaban J connectivity index is 1.81. The molecule has 8 nitrogen and oxygen atoms in total. The van der Waals surface area contributed by atoms with Crippen LogP contribution in [0.5, 0.6) is 0 Å². The highest BCUT2D eigenvalue weighted by Gasteiger charge is 2.31. The van der Waals surface area contributed by atoms with Crippen molar-refractivity contribution in [2.24, 2.45) is 0 Å². The van der Waals surface area contributed by atoms with E-state index >= 15 is 0 Å². The fourth-order valence-electron chi connectivity index (χ4n) is 3.29. The SMILES string of the molecule is COC(=O)c1ccccc1C(=O)OCC(=O)C(C#N)=C1N(C)c2ccccc2N1C. The zero-order chi connectivity index (χ0) is 21.8. The van der Waals surface area contributed by atoms with Crippen molar-refractivity contribution in [2.75, 3.05) is 37.6 Å². The van der Waals surface area contributed by atoms with Gasteiger partial charge in [0.25, 0.3) is 0 Å². The van der Waals surface area contributed by atoms with Gasteiger partial charge in [-0.2, -0.15) is 5.26 Å². The number of ketones is 1. The number of carbonyl (C=O) groups excluding carboxylic acids is 3. The Hall–Kier alpha value is -4.12. The molecule has 0 bridgehead atoms. The van der Waals surface area contributed by atoms with Crippen LogP contribution in [0.3, 0.4) is 0 Å². The molecule has 152 valence electrons. The molecular formula is C22H19N3O5. The van der Waals surface area contributed by atoms with Crippen LogP contribution < -0.4 is 9.80 Å². The van der Waals surface area contributed by atoms with E-state index in [-0.39, 0.29) is 16.7 Å². The molecule has 30 heavy (non-hydrogen) atoms. The van der Waals surface area contributed by atoms with E-state index in [0.717, 1.165) is 11.4 Å². The molecule has 0 radical (unpaired) electrons.